The molecule has 0 saturated carbocycles. The summed E-state index contributed by atoms with van der Waals surface area (Å²) in [4.78, 5) is 11.0. The molecule has 0 aliphatic carbocycles. The third-order valence-electron chi connectivity index (χ3n) is 1.37. The van der Waals surface area contributed by atoms with Gasteiger partial charge in [0.1, 0.15) is 6.61 Å². The van der Waals surface area contributed by atoms with Crippen LogP contribution in [0.15, 0.2) is 18.2 Å². The number of hydrogen-bond acceptors (Lipinski definition) is 2. The minimum atomic E-state index is -0.555. The standard InChI is InChI=1S/C8H6Cl2O2/c9-5-1-2-7(10)6(3-5)8(12)4-11/h1-3,11H,4H2. The topological polar surface area (TPSA) is 37.3 Å². The first-order valence-electron chi connectivity index (χ1n) is 3.24. The maximum Gasteiger partial charge on any atom is 0.189 e. The molecule has 0 saturated heterocycles. The average Bonchev–Trinajstić information content (AvgIpc) is 2.08. The van der Waals surface area contributed by atoms with Gasteiger partial charge in [0.2, 0.25) is 0 Å². The Bertz CT molecular complexity index is 310. The molecule has 1 aromatic carbocycles. The van der Waals surface area contributed by atoms with Crippen molar-refractivity contribution in [2.45, 2.75) is 0 Å². The largest absolute Gasteiger partial charge is 0.388 e. The number of aliphatic hydroxyl groups excluding tert-OH is 1. The van der Waals surface area contributed by atoms with Crippen molar-refractivity contribution in [3.8, 4) is 0 Å². The molecular formula is C8H6Cl2O2. The molecule has 0 unspecified atom stereocenters. The van der Waals surface area contributed by atoms with Gasteiger partial charge in [-0.2, -0.15) is 0 Å². The molecule has 0 atom stereocenters. The fraction of sp³-hybridized carbons (Fsp3) is 0.125. The van der Waals surface area contributed by atoms with E-state index in [0.29, 0.717) is 10.0 Å². The van der Waals surface area contributed by atoms with Gasteiger partial charge in [-0.25, -0.2) is 0 Å². The Morgan fingerprint density at radius 2 is 2.08 bits per heavy atom. The lowest BCUT2D eigenvalue weighted by atomic mass is 10.1. The number of rotatable bonds is 2. The molecule has 0 fully saturated rings. The number of benzene rings is 1. The number of Topliss-reactive ketones (excluding diaryl/α,β-unsaturated/α-hetero) is 1. The van der Waals surface area contributed by atoms with E-state index in [1.54, 1.807) is 6.07 Å². The molecule has 64 valence electrons. The van der Waals surface area contributed by atoms with Crippen LogP contribution in [0.3, 0.4) is 0 Å². The SMILES string of the molecule is O=C(CO)c1cc(Cl)ccc1Cl. The molecule has 0 heterocycles. The first-order valence-corrected chi connectivity index (χ1v) is 4.00. The van der Waals surface area contributed by atoms with Gasteiger partial charge < -0.3 is 5.11 Å². The summed E-state index contributed by atoms with van der Waals surface area (Å²) >= 11 is 11.3. The highest BCUT2D eigenvalue weighted by atomic mass is 35.5. The molecule has 1 N–H and O–H groups in total. The van der Waals surface area contributed by atoms with Gasteiger partial charge in [-0.15, -0.1) is 0 Å². The number of halogens is 2. The molecule has 4 heteroatoms. The van der Waals surface area contributed by atoms with Crippen molar-refractivity contribution < 1.29 is 9.90 Å². The Morgan fingerprint density at radius 1 is 1.42 bits per heavy atom. The van der Waals surface area contributed by atoms with E-state index in [1.165, 1.54) is 12.1 Å². The molecule has 0 amide bonds. The van der Waals surface area contributed by atoms with Gasteiger partial charge in [0.25, 0.3) is 0 Å². The first kappa shape index (κ1) is 9.52. The van der Waals surface area contributed by atoms with E-state index in [0.717, 1.165) is 0 Å². The van der Waals surface area contributed by atoms with Gasteiger partial charge in [-0.05, 0) is 18.2 Å². The smallest absolute Gasteiger partial charge is 0.189 e. The van der Waals surface area contributed by atoms with Crippen molar-refractivity contribution in [3.05, 3.63) is 33.8 Å². The van der Waals surface area contributed by atoms with E-state index in [-0.39, 0.29) is 5.56 Å². The summed E-state index contributed by atoms with van der Waals surface area (Å²) < 4.78 is 0. The maximum atomic E-state index is 11.0. The molecule has 1 aromatic rings. The average molecular weight is 205 g/mol. The third kappa shape index (κ3) is 1.97. The van der Waals surface area contributed by atoms with Gasteiger partial charge in [0, 0.05) is 10.6 Å². The molecule has 2 nitrogen and oxygen atoms in total. The molecule has 0 aromatic heterocycles. The summed E-state index contributed by atoms with van der Waals surface area (Å²) in [5.74, 6) is -0.428. The lowest BCUT2D eigenvalue weighted by Crippen LogP contribution is -2.04. The first-order chi connectivity index (χ1) is 5.65. The van der Waals surface area contributed by atoms with E-state index >= 15 is 0 Å². The summed E-state index contributed by atoms with van der Waals surface area (Å²) in [7, 11) is 0. The number of carbonyl (C=O) groups excluding carboxylic acids is 1. The lowest BCUT2D eigenvalue weighted by Gasteiger charge is -2.00. The van der Waals surface area contributed by atoms with E-state index in [1.807, 2.05) is 0 Å². The van der Waals surface area contributed by atoms with Crippen molar-refractivity contribution in [2.75, 3.05) is 6.61 Å². The third-order valence-corrected chi connectivity index (χ3v) is 1.94. The van der Waals surface area contributed by atoms with Crippen LogP contribution < -0.4 is 0 Å². The van der Waals surface area contributed by atoms with Crippen LogP contribution in [0, 0.1) is 0 Å². The normalized spacial score (nSPS) is 9.92. The number of ketones is 1. The molecule has 0 bridgehead atoms. The predicted molar refractivity (Wildman–Crippen MR) is 47.9 cm³/mol. The van der Waals surface area contributed by atoms with Crippen LogP contribution >= 0.6 is 23.2 Å². The summed E-state index contributed by atoms with van der Waals surface area (Å²) in [6.45, 7) is -0.555. The number of aliphatic hydroxyl groups is 1. The monoisotopic (exact) mass is 204 g/mol. The van der Waals surface area contributed by atoms with Gasteiger partial charge >= 0.3 is 0 Å². The van der Waals surface area contributed by atoms with Crippen LogP contribution in [0.1, 0.15) is 10.4 Å². The van der Waals surface area contributed by atoms with E-state index < -0.39 is 12.4 Å². The molecule has 0 spiro atoms. The number of carbonyl (C=O) groups is 1. The highest BCUT2D eigenvalue weighted by molar-refractivity contribution is 6.35. The molecule has 1 rings (SSSR count). The van der Waals surface area contributed by atoms with Crippen molar-refractivity contribution in [3.63, 3.8) is 0 Å². The quantitative estimate of drug-likeness (QED) is 0.751. The van der Waals surface area contributed by atoms with Crippen LogP contribution in [0.25, 0.3) is 0 Å². The molecule has 0 radical (unpaired) electrons. The van der Waals surface area contributed by atoms with Gasteiger partial charge in [0.15, 0.2) is 5.78 Å². The van der Waals surface area contributed by atoms with Crippen molar-refractivity contribution in [1.29, 1.82) is 0 Å². The fourth-order valence-corrected chi connectivity index (χ4v) is 1.19. The minimum Gasteiger partial charge on any atom is -0.388 e. The highest BCUT2D eigenvalue weighted by Gasteiger charge is 2.08. The Kier molecular flexibility index (Phi) is 3.09. The molecular weight excluding hydrogens is 199 g/mol. The van der Waals surface area contributed by atoms with Crippen LogP contribution in [0.5, 0.6) is 0 Å². The van der Waals surface area contributed by atoms with Gasteiger partial charge in [-0.3, -0.25) is 4.79 Å². The second-order valence-electron chi connectivity index (χ2n) is 2.21. The zero-order valence-corrected chi connectivity index (χ0v) is 7.56. The predicted octanol–water partition coefficient (Wildman–Crippen LogP) is 2.17. The Hall–Kier alpha value is -0.570. The zero-order valence-electron chi connectivity index (χ0n) is 6.05. The highest BCUT2D eigenvalue weighted by Crippen LogP contribution is 2.20. The van der Waals surface area contributed by atoms with Crippen molar-refractivity contribution in [1.82, 2.24) is 0 Å². The summed E-state index contributed by atoms with van der Waals surface area (Å²) in [5, 5.41) is 9.28. The summed E-state index contributed by atoms with van der Waals surface area (Å²) in [5.41, 5.74) is 0.256. The zero-order chi connectivity index (χ0) is 9.14. The van der Waals surface area contributed by atoms with Gasteiger partial charge in [-0.1, -0.05) is 23.2 Å². The van der Waals surface area contributed by atoms with E-state index in [9.17, 15) is 4.79 Å². The van der Waals surface area contributed by atoms with Crippen LogP contribution in [-0.4, -0.2) is 17.5 Å². The molecule has 0 aliphatic rings. The van der Waals surface area contributed by atoms with E-state index in [2.05, 4.69) is 0 Å². The Balaban J connectivity index is 3.13. The second kappa shape index (κ2) is 3.90. The van der Waals surface area contributed by atoms with Crippen LogP contribution in [0.4, 0.5) is 0 Å². The second-order valence-corrected chi connectivity index (χ2v) is 3.05. The molecule has 0 aliphatic heterocycles. The Morgan fingerprint density at radius 3 is 2.67 bits per heavy atom. The Labute approximate surface area is 79.7 Å². The number of hydrogen-bond donors (Lipinski definition) is 1. The van der Waals surface area contributed by atoms with Crippen LogP contribution in [-0.2, 0) is 0 Å². The summed E-state index contributed by atoms with van der Waals surface area (Å²) in [6.07, 6.45) is 0. The van der Waals surface area contributed by atoms with Crippen molar-refractivity contribution in [2.24, 2.45) is 0 Å². The molecule has 12 heavy (non-hydrogen) atoms. The lowest BCUT2D eigenvalue weighted by molar-refractivity contribution is 0.0904. The van der Waals surface area contributed by atoms with Gasteiger partial charge in [0.05, 0.1) is 5.02 Å². The fourth-order valence-electron chi connectivity index (χ4n) is 0.796. The summed E-state index contributed by atoms with van der Waals surface area (Å²) in [6, 6.07) is 4.53. The van der Waals surface area contributed by atoms with E-state index in [4.69, 9.17) is 28.3 Å². The van der Waals surface area contributed by atoms with Crippen molar-refractivity contribution >= 4 is 29.0 Å². The minimum absolute atomic E-state index is 0.256. The van der Waals surface area contributed by atoms with Crippen LogP contribution in [0.2, 0.25) is 10.0 Å². The maximum absolute atomic E-state index is 11.0.